The number of sulfonamides is 1. The average molecular weight is 308 g/mol. The summed E-state index contributed by atoms with van der Waals surface area (Å²) in [6.45, 7) is 2.73. The van der Waals surface area contributed by atoms with Gasteiger partial charge in [0.2, 0.25) is 0 Å². The van der Waals surface area contributed by atoms with Crippen LogP contribution < -0.4 is 9.62 Å². The average Bonchev–Trinajstić information content (AvgIpc) is 2.48. The zero-order chi connectivity index (χ0) is 15.5. The van der Waals surface area contributed by atoms with Crippen LogP contribution in [0.4, 0.5) is 15.8 Å². The third-order valence-electron chi connectivity index (χ3n) is 3.08. The molecule has 2 rings (SSSR count). The molecule has 2 aromatic carbocycles. The van der Waals surface area contributed by atoms with E-state index in [0.29, 0.717) is 5.69 Å². The van der Waals surface area contributed by atoms with Crippen molar-refractivity contribution in [2.24, 2.45) is 0 Å². The lowest BCUT2D eigenvalue weighted by molar-refractivity contribution is 0.594. The molecular weight excluding hydrogens is 291 g/mol. The Hall–Kier alpha value is -2.08. The first-order valence-corrected chi connectivity index (χ1v) is 7.97. The first-order valence-electron chi connectivity index (χ1n) is 6.53. The SMILES string of the molecule is CCNc1ccc(S(=O)(=O)N(C)c2ccc(F)cc2)cc1. The third-order valence-corrected chi connectivity index (χ3v) is 4.88. The number of hydrogen-bond donors (Lipinski definition) is 1. The predicted octanol–water partition coefficient (Wildman–Crippen LogP) is 3.08. The summed E-state index contributed by atoms with van der Waals surface area (Å²) in [6.07, 6.45) is 0. The molecule has 2 aromatic rings. The zero-order valence-corrected chi connectivity index (χ0v) is 12.7. The molecule has 112 valence electrons. The number of benzene rings is 2. The number of nitrogens with zero attached hydrogens (tertiary/aromatic N) is 1. The molecule has 0 atom stereocenters. The fraction of sp³-hybridized carbons (Fsp3) is 0.200. The maximum absolute atomic E-state index is 12.9. The Labute approximate surface area is 124 Å². The van der Waals surface area contributed by atoms with Gasteiger partial charge in [0.25, 0.3) is 10.0 Å². The van der Waals surface area contributed by atoms with Crippen LogP contribution >= 0.6 is 0 Å². The minimum Gasteiger partial charge on any atom is -0.385 e. The molecule has 0 amide bonds. The number of nitrogens with one attached hydrogen (secondary N) is 1. The predicted molar refractivity (Wildman–Crippen MR) is 82.6 cm³/mol. The zero-order valence-electron chi connectivity index (χ0n) is 11.9. The molecule has 21 heavy (non-hydrogen) atoms. The van der Waals surface area contributed by atoms with Crippen LogP contribution in [0.25, 0.3) is 0 Å². The van der Waals surface area contributed by atoms with E-state index in [4.69, 9.17) is 0 Å². The summed E-state index contributed by atoms with van der Waals surface area (Å²) in [4.78, 5) is 0.191. The summed E-state index contributed by atoms with van der Waals surface area (Å²) in [5.41, 5.74) is 1.27. The number of halogens is 1. The highest BCUT2D eigenvalue weighted by atomic mass is 32.2. The second-order valence-corrected chi connectivity index (χ2v) is 6.47. The molecule has 6 heteroatoms. The van der Waals surface area contributed by atoms with E-state index in [1.54, 1.807) is 24.3 Å². The Bertz CT molecular complexity index is 697. The van der Waals surface area contributed by atoms with Crippen LogP contribution in [0.1, 0.15) is 6.92 Å². The maximum atomic E-state index is 12.9. The van der Waals surface area contributed by atoms with Crippen LogP contribution in [0.5, 0.6) is 0 Å². The molecule has 0 aliphatic heterocycles. The van der Waals surface area contributed by atoms with Gasteiger partial charge in [-0.15, -0.1) is 0 Å². The van der Waals surface area contributed by atoms with Gasteiger partial charge < -0.3 is 5.32 Å². The Morgan fingerprint density at radius 2 is 1.62 bits per heavy atom. The molecule has 0 fully saturated rings. The van der Waals surface area contributed by atoms with Crippen LogP contribution in [0.3, 0.4) is 0 Å². The summed E-state index contributed by atoms with van der Waals surface area (Å²) < 4.78 is 39.0. The minimum absolute atomic E-state index is 0.191. The van der Waals surface area contributed by atoms with Gasteiger partial charge in [-0.2, -0.15) is 0 Å². The van der Waals surface area contributed by atoms with Crippen molar-refractivity contribution in [1.29, 1.82) is 0 Å². The van der Waals surface area contributed by atoms with Crippen molar-refractivity contribution in [3.05, 3.63) is 54.3 Å². The normalized spacial score (nSPS) is 11.2. The van der Waals surface area contributed by atoms with Gasteiger partial charge in [0.15, 0.2) is 0 Å². The highest BCUT2D eigenvalue weighted by Crippen LogP contribution is 2.23. The standard InChI is InChI=1S/C15H17FN2O2S/c1-3-17-13-6-10-15(11-7-13)21(19,20)18(2)14-8-4-12(16)5-9-14/h4-11,17H,3H2,1-2H3. The van der Waals surface area contributed by atoms with Crippen molar-refractivity contribution in [2.45, 2.75) is 11.8 Å². The molecule has 1 N–H and O–H groups in total. The summed E-state index contributed by atoms with van der Waals surface area (Å²) in [6, 6.07) is 11.9. The van der Waals surface area contributed by atoms with Gasteiger partial charge in [0.05, 0.1) is 10.6 Å². The molecule has 0 aromatic heterocycles. The molecule has 0 radical (unpaired) electrons. The van der Waals surface area contributed by atoms with Crippen molar-refractivity contribution < 1.29 is 12.8 Å². The van der Waals surface area contributed by atoms with Crippen molar-refractivity contribution in [2.75, 3.05) is 23.2 Å². The minimum atomic E-state index is -3.65. The highest BCUT2D eigenvalue weighted by molar-refractivity contribution is 7.92. The Morgan fingerprint density at radius 3 is 2.14 bits per heavy atom. The summed E-state index contributed by atoms with van der Waals surface area (Å²) >= 11 is 0. The van der Waals surface area contributed by atoms with Crippen LogP contribution in [0.15, 0.2) is 53.4 Å². The van der Waals surface area contributed by atoms with E-state index >= 15 is 0 Å². The largest absolute Gasteiger partial charge is 0.385 e. The number of rotatable bonds is 5. The van der Waals surface area contributed by atoms with Gasteiger partial charge in [0.1, 0.15) is 5.82 Å². The van der Waals surface area contributed by atoms with Gasteiger partial charge in [-0.1, -0.05) is 0 Å². The molecule has 4 nitrogen and oxygen atoms in total. The number of anilines is 2. The van der Waals surface area contributed by atoms with E-state index in [9.17, 15) is 12.8 Å². The molecule has 0 unspecified atom stereocenters. The summed E-state index contributed by atoms with van der Waals surface area (Å²) in [5, 5.41) is 3.10. The third kappa shape index (κ3) is 3.33. The van der Waals surface area contributed by atoms with Gasteiger partial charge in [-0.25, -0.2) is 12.8 Å². The lowest BCUT2D eigenvalue weighted by atomic mass is 10.3. The van der Waals surface area contributed by atoms with Crippen molar-refractivity contribution >= 4 is 21.4 Å². The second kappa shape index (κ2) is 6.13. The summed E-state index contributed by atoms with van der Waals surface area (Å²) in [5.74, 6) is -0.403. The van der Waals surface area contributed by atoms with E-state index in [1.165, 1.54) is 31.3 Å². The van der Waals surface area contributed by atoms with Crippen LogP contribution in [-0.2, 0) is 10.0 Å². The maximum Gasteiger partial charge on any atom is 0.264 e. The molecule has 0 heterocycles. The van der Waals surface area contributed by atoms with E-state index in [1.807, 2.05) is 6.92 Å². The van der Waals surface area contributed by atoms with Gasteiger partial charge in [-0.05, 0) is 55.5 Å². The van der Waals surface area contributed by atoms with E-state index in [-0.39, 0.29) is 4.90 Å². The number of hydrogen-bond acceptors (Lipinski definition) is 3. The van der Waals surface area contributed by atoms with Crippen molar-refractivity contribution in [3.63, 3.8) is 0 Å². The summed E-state index contributed by atoms with van der Waals surface area (Å²) in [7, 11) is -2.21. The Morgan fingerprint density at radius 1 is 1.05 bits per heavy atom. The van der Waals surface area contributed by atoms with Crippen LogP contribution in [0, 0.1) is 5.82 Å². The Balaban J connectivity index is 2.30. The monoisotopic (exact) mass is 308 g/mol. The smallest absolute Gasteiger partial charge is 0.264 e. The van der Waals surface area contributed by atoms with Crippen molar-refractivity contribution in [3.8, 4) is 0 Å². The quantitative estimate of drug-likeness (QED) is 0.923. The van der Waals surface area contributed by atoms with Crippen LogP contribution in [-0.4, -0.2) is 22.0 Å². The molecule has 0 saturated carbocycles. The molecule has 0 aliphatic carbocycles. The fourth-order valence-electron chi connectivity index (χ4n) is 1.90. The molecule has 0 aliphatic rings. The second-order valence-electron chi connectivity index (χ2n) is 4.50. The lowest BCUT2D eigenvalue weighted by Crippen LogP contribution is -2.26. The van der Waals surface area contributed by atoms with E-state index < -0.39 is 15.8 Å². The highest BCUT2D eigenvalue weighted by Gasteiger charge is 2.21. The van der Waals surface area contributed by atoms with E-state index in [0.717, 1.165) is 16.5 Å². The Kier molecular flexibility index (Phi) is 4.47. The molecular formula is C15H17FN2O2S. The molecule has 0 bridgehead atoms. The van der Waals surface area contributed by atoms with Gasteiger partial charge in [-0.3, -0.25) is 4.31 Å². The molecule has 0 spiro atoms. The van der Waals surface area contributed by atoms with Crippen molar-refractivity contribution in [1.82, 2.24) is 0 Å². The van der Waals surface area contributed by atoms with Gasteiger partial charge >= 0.3 is 0 Å². The topological polar surface area (TPSA) is 49.4 Å². The first-order chi connectivity index (χ1) is 9.95. The van der Waals surface area contributed by atoms with Crippen LogP contribution in [0.2, 0.25) is 0 Å². The first kappa shape index (κ1) is 15.3. The van der Waals surface area contributed by atoms with Gasteiger partial charge in [0, 0.05) is 19.3 Å². The lowest BCUT2D eigenvalue weighted by Gasteiger charge is -2.19. The van der Waals surface area contributed by atoms with E-state index in [2.05, 4.69) is 5.32 Å². The fourth-order valence-corrected chi connectivity index (χ4v) is 3.09. The molecule has 0 saturated heterocycles.